The molecule has 0 saturated heterocycles. The van der Waals surface area contributed by atoms with Gasteiger partial charge in [-0.25, -0.2) is 0 Å². The van der Waals surface area contributed by atoms with E-state index in [0.29, 0.717) is 0 Å². The molecule has 1 unspecified atom stereocenters. The largest absolute Gasteiger partial charge is 0.369 e. The fraction of sp³-hybridized carbons (Fsp3) is 0.250. The minimum Gasteiger partial charge on any atom is -0.369 e. The molecule has 0 aromatic heterocycles. The van der Waals surface area contributed by atoms with Crippen LogP contribution in [0.3, 0.4) is 0 Å². The Hall–Kier alpha value is -1.12. The lowest BCUT2D eigenvalue weighted by Gasteiger charge is -2.29. The van der Waals surface area contributed by atoms with Crippen molar-refractivity contribution in [1.82, 2.24) is 0 Å². The number of methoxy groups -OCH3 is 1. The van der Waals surface area contributed by atoms with E-state index in [1.54, 1.807) is 0 Å². The summed E-state index contributed by atoms with van der Waals surface area (Å²) in [7, 11) is 1.81. The average Bonchev–Trinajstić information content (AvgIpc) is 2.81. The third kappa shape index (κ3) is 1.63. The zero-order chi connectivity index (χ0) is 12.6. The molecule has 2 aromatic carbocycles. The summed E-state index contributed by atoms with van der Waals surface area (Å²) in [4.78, 5) is 0. The Morgan fingerprint density at radius 2 is 1.83 bits per heavy atom. The van der Waals surface area contributed by atoms with Crippen LogP contribution in [-0.4, -0.2) is 7.11 Å². The lowest BCUT2D eigenvalue weighted by molar-refractivity contribution is 0.0238. The van der Waals surface area contributed by atoms with E-state index in [0.717, 1.165) is 12.8 Å². The molecule has 92 valence electrons. The second-order valence-corrected chi connectivity index (χ2v) is 5.52. The summed E-state index contributed by atoms with van der Waals surface area (Å²) in [5, 5.41) is 0. The molecule has 2 heteroatoms. The summed E-state index contributed by atoms with van der Waals surface area (Å²) < 4.78 is 7.14. The Balaban J connectivity index is 2.20. The highest BCUT2D eigenvalue weighted by Crippen LogP contribution is 2.46. The van der Waals surface area contributed by atoms with Gasteiger partial charge in [-0.2, -0.15) is 0 Å². The topological polar surface area (TPSA) is 9.23 Å². The van der Waals surface area contributed by atoms with Crippen molar-refractivity contribution >= 4 is 15.9 Å². The van der Waals surface area contributed by atoms with Gasteiger partial charge < -0.3 is 4.74 Å². The number of fused-ring (bicyclic) bond motifs is 1. The maximum Gasteiger partial charge on any atom is 0.118 e. The Labute approximate surface area is 116 Å². The first kappa shape index (κ1) is 11.9. The monoisotopic (exact) mass is 302 g/mol. The van der Waals surface area contributed by atoms with Gasteiger partial charge in [-0.3, -0.25) is 0 Å². The van der Waals surface area contributed by atoms with E-state index in [-0.39, 0.29) is 5.60 Å². The molecule has 0 aliphatic heterocycles. The Kier molecular flexibility index (Phi) is 3.00. The number of hydrogen-bond donors (Lipinski definition) is 0. The maximum atomic E-state index is 5.95. The first-order chi connectivity index (χ1) is 8.78. The fourth-order valence-corrected chi connectivity index (χ4v) is 3.53. The quantitative estimate of drug-likeness (QED) is 0.804. The highest BCUT2D eigenvalue weighted by molar-refractivity contribution is 9.10. The zero-order valence-electron chi connectivity index (χ0n) is 10.3. The SMILES string of the molecule is COC1(c2ccccc2)CCc2c(Br)cccc21. The zero-order valence-corrected chi connectivity index (χ0v) is 11.9. The summed E-state index contributed by atoms with van der Waals surface area (Å²) in [6.07, 6.45) is 2.06. The number of ether oxygens (including phenoxy) is 1. The van der Waals surface area contributed by atoms with Crippen LogP contribution in [0.5, 0.6) is 0 Å². The van der Waals surface area contributed by atoms with Crippen LogP contribution in [-0.2, 0) is 16.8 Å². The highest BCUT2D eigenvalue weighted by atomic mass is 79.9. The van der Waals surface area contributed by atoms with E-state index in [4.69, 9.17) is 4.74 Å². The average molecular weight is 303 g/mol. The molecule has 1 aliphatic carbocycles. The predicted molar refractivity (Wildman–Crippen MR) is 76.7 cm³/mol. The van der Waals surface area contributed by atoms with Crippen LogP contribution in [0.1, 0.15) is 23.1 Å². The predicted octanol–water partition coefficient (Wildman–Crippen LogP) is 4.29. The van der Waals surface area contributed by atoms with Gasteiger partial charge in [0.1, 0.15) is 5.60 Å². The highest BCUT2D eigenvalue weighted by Gasteiger charge is 2.41. The van der Waals surface area contributed by atoms with Gasteiger partial charge in [-0.15, -0.1) is 0 Å². The van der Waals surface area contributed by atoms with Crippen molar-refractivity contribution in [3.63, 3.8) is 0 Å². The molecular formula is C16H15BrO. The minimum absolute atomic E-state index is 0.277. The van der Waals surface area contributed by atoms with Crippen molar-refractivity contribution < 1.29 is 4.74 Å². The van der Waals surface area contributed by atoms with Crippen LogP contribution >= 0.6 is 15.9 Å². The Morgan fingerprint density at radius 1 is 1.06 bits per heavy atom. The summed E-state index contributed by atoms with van der Waals surface area (Å²) in [6.45, 7) is 0. The first-order valence-electron chi connectivity index (χ1n) is 6.16. The van der Waals surface area contributed by atoms with Gasteiger partial charge in [0.25, 0.3) is 0 Å². The van der Waals surface area contributed by atoms with E-state index < -0.39 is 0 Å². The standard InChI is InChI=1S/C16H15BrO/c1-18-16(12-6-3-2-4-7-12)11-10-13-14(16)8-5-9-15(13)17/h2-9H,10-11H2,1H3. The van der Waals surface area contributed by atoms with Crippen LogP contribution in [0.4, 0.5) is 0 Å². The third-order valence-electron chi connectivity index (χ3n) is 3.87. The molecule has 0 spiro atoms. The Morgan fingerprint density at radius 3 is 2.56 bits per heavy atom. The van der Waals surface area contributed by atoms with Gasteiger partial charge in [0.15, 0.2) is 0 Å². The minimum atomic E-state index is -0.277. The van der Waals surface area contributed by atoms with E-state index in [1.807, 2.05) is 13.2 Å². The molecule has 18 heavy (non-hydrogen) atoms. The van der Waals surface area contributed by atoms with Crippen molar-refractivity contribution in [1.29, 1.82) is 0 Å². The number of hydrogen-bond acceptors (Lipinski definition) is 1. The molecule has 0 radical (unpaired) electrons. The van der Waals surface area contributed by atoms with Gasteiger partial charge in [-0.05, 0) is 35.6 Å². The van der Waals surface area contributed by atoms with Crippen molar-refractivity contribution in [2.75, 3.05) is 7.11 Å². The molecule has 1 nitrogen and oxygen atoms in total. The van der Waals surface area contributed by atoms with Crippen LogP contribution in [0.2, 0.25) is 0 Å². The molecule has 3 rings (SSSR count). The molecular weight excluding hydrogens is 288 g/mol. The number of rotatable bonds is 2. The lowest BCUT2D eigenvalue weighted by Crippen LogP contribution is -2.26. The van der Waals surface area contributed by atoms with E-state index >= 15 is 0 Å². The molecule has 0 saturated carbocycles. The molecule has 0 amide bonds. The second-order valence-electron chi connectivity index (χ2n) is 4.66. The number of benzene rings is 2. The molecule has 0 N–H and O–H groups in total. The smallest absolute Gasteiger partial charge is 0.118 e. The summed E-state index contributed by atoms with van der Waals surface area (Å²) in [5.41, 5.74) is 3.64. The summed E-state index contributed by atoms with van der Waals surface area (Å²) in [6, 6.07) is 16.9. The van der Waals surface area contributed by atoms with Gasteiger partial charge in [-0.1, -0.05) is 58.4 Å². The Bertz CT molecular complexity index is 565. The van der Waals surface area contributed by atoms with Gasteiger partial charge in [0.05, 0.1) is 0 Å². The van der Waals surface area contributed by atoms with Gasteiger partial charge in [0.2, 0.25) is 0 Å². The van der Waals surface area contributed by atoms with Crippen molar-refractivity contribution in [2.24, 2.45) is 0 Å². The van der Waals surface area contributed by atoms with Crippen molar-refractivity contribution in [3.8, 4) is 0 Å². The van der Waals surface area contributed by atoms with E-state index in [1.165, 1.54) is 21.2 Å². The first-order valence-corrected chi connectivity index (χ1v) is 6.96. The summed E-state index contributed by atoms with van der Waals surface area (Å²) in [5.74, 6) is 0. The van der Waals surface area contributed by atoms with E-state index in [2.05, 4.69) is 58.4 Å². The fourth-order valence-electron chi connectivity index (χ4n) is 2.96. The second kappa shape index (κ2) is 4.52. The lowest BCUT2D eigenvalue weighted by atomic mass is 9.87. The molecule has 0 heterocycles. The van der Waals surface area contributed by atoms with Crippen molar-refractivity contribution in [2.45, 2.75) is 18.4 Å². The molecule has 0 fully saturated rings. The maximum absolute atomic E-state index is 5.95. The molecule has 1 aliphatic rings. The number of halogens is 1. The van der Waals surface area contributed by atoms with Gasteiger partial charge >= 0.3 is 0 Å². The third-order valence-corrected chi connectivity index (χ3v) is 4.61. The van der Waals surface area contributed by atoms with Crippen LogP contribution in [0.15, 0.2) is 53.0 Å². The summed E-state index contributed by atoms with van der Waals surface area (Å²) >= 11 is 3.65. The molecule has 0 bridgehead atoms. The van der Waals surface area contributed by atoms with Crippen LogP contribution in [0.25, 0.3) is 0 Å². The normalized spacial score (nSPS) is 21.9. The van der Waals surface area contributed by atoms with E-state index in [9.17, 15) is 0 Å². The molecule has 2 aromatic rings. The van der Waals surface area contributed by atoms with Crippen molar-refractivity contribution in [3.05, 3.63) is 69.7 Å². The van der Waals surface area contributed by atoms with Gasteiger partial charge in [0, 0.05) is 11.6 Å². The molecule has 1 atom stereocenters. The van der Waals surface area contributed by atoms with Crippen LogP contribution < -0.4 is 0 Å². The van der Waals surface area contributed by atoms with Crippen LogP contribution in [0, 0.1) is 0 Å².